The predicted molar refractivity (Wildman–Crippen MR) is 74.9 cm³/mol. The van der Waals surface area contributed by atoms with Crippen LogP contribution in [0.25, 0.3) is 0 Å². The van der Waals surface area contributed by atoms with Crippen LogP contribution in [-0.2, 0) is 0 Å². The molecule has 0 fully saturated rings. The Balaban J connectivity index is 2.43. The van der Waals surface area contributed by atoms with Crippen LogP contribution in [0.4, 0.5) is 22.7 Å². The van der Waals surface area contributed by atoms with Crippen LogP contribution in [0.15, 0.2) is 42.5 Å². The average Bonchev–Trinajstić information content (AvgIpc) is 2.47. The van der Waals surface area contributed by atoms with E-state index >= 15 is 0 Å². The van der Waals surface area contributed by atoms with E-state index in [1.165, 1.54) is 30.3 Å². The van der Waals surface area contributed by atoms with Crippen molar-refractivity contribution in [2.24, 2.45) is 0 Å². The smallest absolute Gasteiger partial charge is 0.292 e. The molecule has 1 N–H and O–H groups in total. The lowest BCUT2D eigenvalue weighted by Crippen LogP contribution is -2.00. The summed E-state index contributed by atoms with van der Waals surface area (Å²) in [5.74, 6) is 0. The number of nitro groups is 2. The predicted octanol–water partition coefficient (Wildman–Crippen LogP) is 3.06. The number of para-hydroxylation sites is 2. The number of carbonyl (C=O) groups is 1. The third kappa shape index (κ3) is 3.00. The minimum Gasteiger partial charge on any atom is -0.349 e. The first-order valence-electron chi connectivity index (χ1n) is 5.77. The number of anilines is 2. The molecule has 0 atom stereocenters. The highest BCUT2D eigenvalue weighted by Crippen LogP contribution is 2.29. The summed E-state index contributed by atoms with van der Waals surface area (Å²) in [5.41, 5.74) is 0.101. The highest BCUT2D eigenvalue weighted by atomic mass is 16.6. The summed E-state index contributed by atoms with van der Waals surface area (Å²) in [7, 11) is 0. The highest BCUT2D eigenvalue weighted by molar-refractivity contribution is 5.88. The lowest BCUT2D eigenvalue weighted by molar-refractivity contribution is -0.384. The number of nitrogens with zero attached hydrogens (tertiary/aromatic N) is 2. The number of benzene rings is 2. The van der Waals surface area contributed by atoms with Crippen LogP contribution in [0.2, 0.25) is 0 Å². The van der Waals surface area contributed by atoms with E-state index < -0.39 is 9.85 Å². The molecular formula is C13H9N3O5. The van der Waals surface area contributed by atoms with Crippen molar-refractivity contribution in [2.75, 3.05) is 5.32 Å². The van der Waals surface area contributed by atoms with Gasteiger partial charge >= 0.3 is 0 Å². The van der Waals surface area contributed by atoms with Crippen molar-refractivity contribution < 1.29 is 14.6 Å². The van der Waals surface area contributed by atoms with Crippen molar-refractivity contribution in [1.82, 2.24) is 0 Å². The molecule has 8 nitrogen and oxygen atoms in total. The summed E-state index contributed by atoms with van der Waals surface area (Å²) in [4.78, 5) is 31.4. The Morgan fingerprint density at radius 3 is 2.29 bits per heavy atom. The van der Waals surface area contributed by atoms with Crippen LogP contribution in [0.3, 0.4) is 0 Å². The molecule has 0 spiro atoms. The van der Waals surface area contributed by atoms with Crippen LogP contribution in [-0.4, -0.2) is 16.1 Å². The van der Waals surface area contributed by atoms with Gasteiger partial charge in [0.15, 0.2) is 6.29 Å². The fourth-order valence-corrected chi connectivity index (χ4v) is 1.76. The topological polar surface area (TPSA) is 115 Å². The normalized spacial score (nSPS) is 9.90. The highest BCUT2D eigenvalue weighted by Gasteiger charge is 2.15. The maximum Gasteiger partial charge on any atom is 0.292 e. The fourth-order valence-electron chi connectivity index (χ4n) is 1.76. The molecule has 21 heavy (non-hydrogen) atoms. The number of nitrogens with one attached hydrogen (secondary N) is 1. The molecule has 0 bridgehead atoms. The number of non-ortho nitro benzene ring substituents is 1. The zero-order valence-electron chi connectivity index (χ0n) is 10.6. The van der Waals surface area contributed by atoms with E-state index in [0.717, 1.165) is 6.07 Å². The van der Waals surface area contributed by atoms with Gasteiger partial charge in [0.05, 0.1) is 9.85 Å². The molecular weight excluding hydrogens is 278 g/mol. The second-order valence-electron chi connectivity index (χ2n) is 4.05. The second-order valence-corrected chi connectivity index (χ2v) is 4.05. The summed E-state index contributed by atoms with van der Waals surface area (Å²) < 4.78 is 0. The molecule has 8 heteroatoms. The number of carbonyl (C=O) groups excluding carboxylic acids is 1. The standard InChI is InChI=1S/C13H9N3O5/c17-8-9-7-10(15(18)19)5-6-11(9)14-12-3-1-2-4-13(12)16(20)21/h1-8,14H. The Labute approximate surface area is 118 Å². The molecule has 0 saturated carbocycles. The molecule has 0 aliphatic heterocycles. The molecule has 0 aromatic heterocycles. The number of hydrogen-bond acceptors (Lipinski definition) is 6. The summed E-state index contributed by atoms with van der Waals surface area (Å²) in [6.07, 6.45) is 0.449. The lowest BCUT2D eigenvalue weighted by Gasteiger charge is -2.09. The number of aldehydes is 1. The van der Waals surface area contributed by atoms with Gasteiger partial charge in [0, 0.05) is 29.4 Å². The maximum atomic E-state index is 11.0. The summed E-state index contributed by atoms with van der Waals surface area (Å²) in [5, 5.41) is 24.3. The van der Waals surface area contributed by atoms with Crippen LogP contribution in [0.5, 0.6) is 0 Å². The van der Waals surface area contributed by atoms with Gasteiger partial charge in [-0.1, -0.05) is 12.1 Å². The summed E-state index contributed by atoms with van der Waals surface area (Å²) in [6.45, 7) is 0. The van der Waals surface area contributed by atoms with Crippen LogP contribution < -0.4 is 5.32 Å². The van der Waals surface area contributed by atoms with Gasteiger partial charge in [0.1, 0.15) is 5.69 Å². The number of hydrogen-bond donors (Lipinski definition) is 1. The van der Waals surface area contributed by atoms with Gasteiger partial charge in [-0.15, -0.1) is 0 Å². The van der Waals surface area contributed by atoms with E-state index in [-0.39, 0.29) is 28.3 Å². The molecule has 2 aromatic carbocycles. The first kappa shape index (κ1) is 14.1. The SMILES string of the molecule is O=Cc1cc([N+](=O)[O-])ccc1Nc1ccccc1[N+](=O)[O-]. The van der Waals surface area contributed by atoms with Crippen LogP contribution >= 0.6 is 0 Å². The quantitative estimate of drug-likeness (QED) is 0.513. The molecule has 0 radical (unpaired) electrons. The fraction of sp³-hybridized carbons (Fsp3) is 0. The third-order valence-corrected chi connectivity index (χ3v) is 2.74. The summed E-state index contributed by atoms with van der Waals surface area (Å²) >= 11 is 0. The Hall–Kier alpha value is -3.29. The largest absolute Gasteiger partial charge is 0.349 e. The molecule has 0 amide bonds. The molecule has 106 valence electrons. The minimum absolute atomic E-state index is 0.0438. The second kappa shape index (κ2) is 5.78. The minimum atomic E-state index is -0.623. The number of rotatable bonds is 5. The van der Waals surface area contributed by atoms with E-state index in [1.54, 1.807) is 6.07 Å². The van der Waals surface area contributed by atoms with Crippen molar-refractivity contribution in [3.05, 3.63) is 68.3 Å². The van der Waals surface area contributed by atoms with Gasteiger partial charge in [0.25, 0.3) is 11.4 Å². The Morgan fingerprint density at radius 1 is 0.952 bits per heavy atom. The van der Waals surface area contributed by atoms with E-state index in [1.807, 2.05) is 0 Å². The third-order valence-electron chi connectivity index (χ3n) is 2.74. The van der Waals surface area contributed by atoms with Crippen molar-refractivity contribution in [1.29, 1.82) is 0 Å². The molecule has 2 rings (SSSR count). The maximum absolute atomic E-state index is 11.0. The number of nitro benzene ring substituents is 2. The molecule has 0 aliphatic carbocycles. The van der Waals surface area contributed by atoms with Gasteiger partial charge in [-0.25, -0.2) is 0 Å². The molecule has 2 aromatic rings. The van der Waals surface area contributed by atoms with Gasteiger partial charge in [-0.2, -0.15) is 0 Å². The summed E-state index contributed by atoms with van der Waals surface area (Å²) in [6, 6.07) is 9.55. The van der Waals surface area contributed by atoms with Crippen molar-refractivity contribution in [2.45, 2.75) is 0 Å². The lowest BCUT2D eigenvalue weighted by atomic mass is 10.1. The van der Waals surface area contributed by atoms with Gasteiger partial charge in [-0.05, 0) is 12.1 Å². The Morgan fingerprint density at radius 2 is 1.67 bits per heavy atom. The Bertz CT molecular complexity index is 729. The van der Waals surface area contributed by atoms with E-state index in [9.17, 15) is 25.0 Å². The van der Waals surface area contributed by atoms with Gasteiger partial charge in [-0.3, -0.25) is 25.0 Å². The molecule has 0 heterocycles. The van der Waals surface area contributed by atoms with E-state index in [0.29, 0.717) is 6.29 Å². The van der Waals surface area contributed by atoms with Crippen LogP contribution in [0, 0.1) is 20.2 Å². The molecule has 0 aliphatic rings. The monoisotopic (exact) mass is 287 g/mol. The van der Waals surface area contributed by atoms with Crippen molar-refractivity contribution in [3.8, 4) is 0 Å². The molecule has 0 unspecified atom stereocenters. The van der Waals surface area contributed by atoms with Crippen LogP contribution in [0.1, 0.15) is 10.4 Å². The van der Waals surface area contributed by atoms with Crippen molar-refractivity contribution >= 4 is 29.0 Å². The van der Waals surface area contributed by atoms with E-state index in [2.05, 4.69) is 5.32 Å². The van der Waals surface area contributed by atoms with Gasteiger partial charge < -0.3 is 5.32 Å². The Kier molecular flexibility index (Phi) is 3.89. The first-order valence-corrected chi connectivity index (χ1v) is 5.77. The average molecular weight is 287 g/mol. The first-order chi connectivity index (χ1) is 10.0. The zero-order valence-corrected chi connectivity index (χ0v) is 10.6. The van der Waals surface area contributed by atoms with E-state index in [4.69, 9.17) is 0 Å². The molecule has 0 saturated heterocycles. The van der Waals surface area contributed by atoms with Crippen molar-refractivity contribution in [3.63, 3.8) is 0 Å². The van der Waals surface area contributed by atoms with Gasteiger partial charge in [0.2, 0.25) is 0 Å². The zero-order chi connectivity index (χ0) is 15.4.